The number of esters is 1. The van der Waals surface area contributed by atoms with Crippen molar-refractivity contribution in [1.82, 2.24) is 4.98 Å². The lowest BCUT2D eigenvalue weighted by Crippen LogP contribution is -2.34. The molecule has 1 aliphatic heterocycles. The number of ether oxygens (including phenoxy) is 1. The summed E-state index contributed by atoms with van der Waals surface area (Å²) in [7, 11) is 0. The smallest absolute Gasteiger partial charge is 0.380 e. The van der Waals surface area contributed by atoms with E-state index in [2.05, 4.69) is 4.98 Å². The number of halogens is 1. The molecule has 4 aromatic rings. The van der Waals surface area contributed by atoms with Gasteiger partial charge in [-0.15, -0.1) is 0 Å². The summed E-state index contributed by atoms with van der Waals surface area (Å²) in [5.41, 5.74) is 3.59. The number of ketones is 1. The molecular formula is C29H21ClN2O4. The van der Waals surface area contributed by atoms with Crippen LogP contribution in [-0.2, 0) is 25.5 Å². The number of Topliss-reactive ketones (excluding diaryl/α,β-unsaturated/α-hetero) is 1. The Morgan fingerprint density at radius 2 is 1.67 bits per heavy atom. The number of carbonyl (C=O) groups excluding carboxylic acids is 3. The van der Waals surface area contributed by atoms with Crippen LogP contribution in [0.25, 0.3) is 22.6 Å². The molecule has 0 bridgehead atoms. The van der Waals surface area contributed by atoms with Gasteiger partial charge >= 0.3 is 5.97 Å². The van der Waals surface area contributed by atoms with E-state index >= 15 is 0 Å². The minimum atomic E-state index is -1.12. The number of nitrogens with zero attached hydrogens (tertiary/aromatic N) is 2. The summed E-state index contributed by atoms with van der Waals surface area (Å²) in [5, 5.41) is 1.45. The monoisotopic (exact) mass is 496 g/mol. The highest BCUT2D eigenvalue weighted by Gasteiger charge is 2.28. The van der Waals surface area contributed by atoms with Crippen molar-refractivity contribution in [2.24, 2.45) is 0 Å². The first-order valence-corrected chi connectivity index (χ1v) is 11.8. The molecule has 7 heteroatoms. The van der Waals surface area contributed by atoms with E-state index in [0.717, 1.165) is 23.1 Å². The molecule has 5 rings (SSSR count). The standard InChI is InChI=1S/C29H21ClN2O4/c30-22-12-9-19(10-13-22)17-23(25-14-11-20-5-1-3-7-24(20)31-25)28(34)29(35)36-18-27(33)32-16-15-21-6-2-4-8-26(21)32/h1-14,17H,15-16,18H2. The van der Waals surface area contributed by atoms with Gasteiger partial charge in [-0.2, -0.15) is 0 Å². The zero-order valence-corrected chi connectivity index (χ0v) is 19.9. The third-order valence-corrected chi connectivity index (χ3v) is 6.25. The number of hydrogen-bond acceptors (Lipinski definition) is 5. The van der Waals surface area contributed by atoms with Crippen molar-refractivity contribution >= 4 is 57.5 Å². The first-order chi connectivity index (χ1) is 17.5. The topological polar surface area (TPSA) is 76.6 Å². The molecular weight excluding hydrogens is 476 g/mol. The summed E-state index contributed by atoms with van der Waals surface area (Å²) in [6.07, 6.45) is 2.30. The second kappa shape index (κ2) is 10.1. The number of pyridine rings is 1. The zero-order chi connectivity index (χ0) is 25.1. The summed E-state index contributed by atoms with van der Waals surface area (Å²) in [4.78, 5) is 44.9. The van der Waals surface area contributed by atoms with Gasteiger partial charge in [-0.3, -0.25) is 9.59 Å². The SMILES string of the molecule is O=C(OCC(=O)N1CCc2ccccc21)C(=O)C(=Cc1ccc(Cl)cc1)c1ccc2ccccc2n1. The number of rotatable bonds is 6. The highest BCUT2D eigenvalue weighted by atomic mass is 35.5. The number of hydrogen-bond donors (Lipinski definition) is 0. The molecule has 1 aromatic heterocycles. The predicted molar refractivity (Wildman–Crippen MR) is 140 cm³/mol. The number of aromatic nitrogens is 1. The third-order valence-electron chi connectivity index (χ3n) is 6.00. The molecule has 2 heterocycles. The Labute approximate surface area is 212 Å². The number of carbonyl (C=O) groups is 3. The van der Waals surface area contributed by atoms with E-state index < -0.39 is 18.4 Å². The quantitative estimate of drug-likeness (QED) is 0.210. The molecule has 0 aliphatic carbocycles. The van der Waals surface area contributed by atoms with E-state index in [1.165, 1.54) is 0 Å². The normalized spacial score (nSPS) is 12.9. The Hall–Kier alpha value is -4.29. The summed E-state index contributed by atoms with van der Waals surface area (Å²) in [6, 6.07) is 25.4. The van der Waals surface area contributed by atoms with Crippen LogP contribution in [0.15, 0.2) is 84.9 Å². The lowest BCUT2D eigenvalue weighted by molar-refractivity contribution is -0.153. The molecule has 3 aromatic carbocycles. The van der Waals surface area contributed by atoms with E-state index in [9.17, 15) is 14.4 Å². The lowest BCUT2D eigenvalue weighted by Gasteiger charge is -2.17. The Balaban J connectivity index is 1.38. The minimum absolute atomic E-state index is 0.0621. The van der Waals surface area contributed by atoms with Crippen LogP contribution in [0, 0.1) is 0 Å². The van der Waals surface area contributed by atoms with Gasteiger partial charge in [-0.05, 0) is 54.0 Å². The molecule has 0 N–H and O–H groups in total. The first kappa shape index (κ1) is 23.5. The molecule has 1 amide bonds. The number of benzene rings is 3. The van der Waals surface area contributed by atoms with Crippen molar-refractivity contribution in [3.8, 4) is 0 Å². The molecule has 178 valence electrons. The lowest BCUT2D eigenvalue weighted by atomic mass is 10.0. The average Bonchev–Trinajstić information content (AvgIpc) is 3.35. The molecule has 0 saturated carbocycles. The van der Waals surface area contributed by atoms with Crippen molar-refractivity contribution in [1.29, 1.82) is 0 Å². The number of para-hydroxylation sites is 2. The molecule has 0 spiro atoms. The van der Waals surface area contributed by atoms with Crippen LogP contribution in [-0.4, -0.2) is 35.8 Å². The van der Waals surface area contributed by atoms with E-state index in [1.807, 2.05) is 54.6 Å². The first-order valence-electron chi connectivity index (χ1n) is 11.4. The molecule has 0 fully saturated rings. The van der Waals surface area contributed by atoms with Crippen LogP contribution in [0.3, 0.4) is 0 Å². The van der Waals surface area contributed by atoms with E-state index in [0.29, 0.717) is 28.3 Å². The maximum Gasteiger partial charge on any atom is 0.380 e. The summed E-state index contributed by atoms with van der Waals surface area (Å²) in [6.45, 7) is -0.0231. The summed E-state index contributed by atoms with van der Waals surface area (Å²) < 4.78 is 5.17. The van der Waals surface area contributed by atoms with E-state index in [1.54, 1.807) is 41.3 Å². The van der Waals surface area contributed by atoms with E-state index in [-0.39, 0.29) is 11.5 Å². The van der Waals surface area contributed by atoms with Crippen LogP contribution >= 0.6 is 11.6 Å². The number of anilines is 1. The van der Waals surface area contributed by atoms with Crippen molar-refractivity contribution in [2.75, 3.05) is 18.1 Å². The van der Waals surface area contributed by atoms with Gasteiger partial charge < -0.3 is 9.64 Å². The van der Waals surface area contributed by atoms with Crippen molar-refractivity contribution in [3.63, 3.8) is 0 Å². The van der Waals surface area contributed by atoms with Crippen molar-refractivity contribution < 1.29 is 19.1 Å². The fourth-order valence-corrected chi connectivity index (χ4v) is 4.30. The van der Waals surface area contributed by atoms with Gasteiger partial charge in [-0.1, -0.05) is 66.2 Å². The van der Waals surface area contributed by atoms with Crippen LogP contribution in [0.2, 0.25) is 5.02 Å². The Bertz CT molecular complexity index is 1510. The van der Waals surface area contributed by atoms with Crippen molar-refractivity contribution in [2.45, 2.75) is 6.42 Å². The second-order valence-corrected chi connectivity index (χ2v) is 8.76. The van der Waals surface area contributed by atoms with Gasteiger partial charge in [0.15, 0.2) is 6.61 Å². The molecule has 0 radical (unpaired) electrons. The molecule has 6 nitrogen and oxygen atoms in total. The molecule has 0 unspecified atom stereocenters. The fourth-order valence-electron chi connectivity index (χ4n) is 4.18. The Morgan fingerprint density at radius 1 is 0.917 bits per heavy atom. The van der Waals surface area contributed by atoms with Crippen molar-refractivity contribution in [3.05, 3.63) is 107 Å². The molecule has 36 heavy (non-hydrogen) atoms. The minimum Gasteiger partial charge on any atom is -0.450 e. The maximum atomic E-state index is 13.2. The highest BCUT2D eigenvalue weighted by Crippen LogP contribution is 2.27. The van der Waals surface area contributed by atoms with Gasteiger partial charge in [0.1, 0.15) is 0 Å². The van der Waals surface area contributed by atoms with Gasteiger partial charge in [0, 0.05) is 22.6 Å². The van der Waals surface area contributed by atoms with Crippen LogP contribution in [0.5, 0.6) is 0 Å². The van der Waals surface area contributed by atoms with Gasteiger partial charge in [0.05, 0.1) is 16.8 Å². The molecule has 0 atom stereocenters. The van der Waals surface area contributed by atoms with Crippen LogP contribution < -0.4 is 4.90 Å². The summed E-state index contributed by atoms with van der Waals surface area (Å²) in [5.74, 6) is -2.39. The van der Waals surface area contributed by atoms with E-state index in [4.69, 9.17) is 16.3 Å². The second-order valence-electron chi connectivity index (χ2n) is 8.33. The largest absolute Gasteiger partial charge is 0.450 e. The third kappa shape index (κ3) is 4.90. The average molecular weight is 497 g/mol. The van der Waals surface area contributed by atoms with Crippen LogP contribution in [0.1, 0.15) is 16.8 Å². The maximum absolute atomic E-state index is 13.2. The van der Waals surface area contributed by atoms with Gasteiger partial charge in [0.2, 0.25) is 0 Å². The zero-order valence-electron chi connectivity index (χ0n) is 19.2. The fraction of sp³-hybridized carbons (Fsp3) is 0.103. The Morgan fingerprint density at radius 3 is 2.50 bits per heavy atom. The molecule has 1 aliphatic rings. The number of fused-ring (bicyclic) bond motifs is 2. The summed E-state index contributed by atoms with van der Waals surface area (Å²) >= 11 is 5.99. The molecule has 0 saturated heterocycles. The van der Waals surface area contributed by atoms with Gasteiger partial charge in [-0.25, -0.2) is 9.78 Å². The number of amides is 1. The van der Waals surface area contributed by atoms with Gasteiger partial charge in [0.25, 0.3) is 11.7 Å². The Kier molecular flexibility index (Phi) is 6.60. The predicted octanol–water partition coefficient (Wildman–Crippen LogP) is 5.13. The highest BCUT2D eigenvalue weighted by molar-refractivity contribution is 6.53. The van der Waals surface area contributed by atoms with Crippen LogP contribution in [0.4, 0.5) is 5.69 Å².